The van der Waals surface area contributed by atoms with Gasteiger partial charge in [0.25, 0.3) is 0 Å². The lowest BCUT2D eigenvalue weighted by Crippen LogP contribution is -2.00. The van der Waals surface area contributed by atoms with Gasteiger partial charge in [-0.05, 0) is 24.6 Å². The lowest BCUT2D eigenvalue weighted by Gasteiger charge is -2.03. The van der Waals surface area contributed by atoms with E-state index in [1.165, 1.54) is 10.7 Å². The summed E-state index contributed by atoms with van der Waals surface area (Å²) in [5, 5.41) is 4.71. The molecule has 0 unspecified atom stereocenters. The van der Waals surface area contributed by atoms with Crippen LogP contribution in [0.2, 0.25) is 5.15 Å². The molecule has 1 aromatic carbocycles. The number of rotatable bonds is 3. The van der Waals surface area contributed by atoms with Crippen molar-refractivity contribution in [3.8, 4) is 5.69 Å². The average molecular weight is 239 g/mol. The van der Waals surface area contributed by atoms with E-state index in [1.54, 1.807) is 24.3 Å². The van der Waals surface area contributed by atoms with Crippen molar-refractivity contribution in [2.24, 2.45) is 0 Å². The van der Waals surface area contributed by atoms with Crippen molar-refractivity contribution in [2.75, 3.05) is 0 Å². The number of hydrogen-bond donors (Lipinski definition) is 0. The van der Waals surface area contributed by atoms with E-state index in [1.807, 2.05) is 0 Å². The molecule has 0 aliphatic heterocycles. The third kappa shape index (κ3) is 2.09. The highest BCUT2D eigenvalue weighted by Gasteiger charge is 2.10. The van der Waals surface area contributed by atoms with Gasteiger partial charge in [-0.25, -0.2) is 9.07 Å². The Labute approximate surface area is 98.7 Å². The zero-order chi connectivity index (χ0) is 11.5. The first-order valence-corrected chi connectivity index (χ1v) is 5.59. The Morgan fingerprint density at radius 2 is 2.12 bits per heavy atom. The second kappa shape index (κ2) is 4.66. The predicted molar refractivity (Wildman–Crippen MR) is 62.5 cm³/mol. The molecule has 2 nitrogen and oxygen atoms in total. The van der Waals surface area contributed by atoms with Crippen LogP contribution in [-0.2, 0) is 6.42 Å². The maximum absolute atomic E-state index is 13.5. The number of aromatic nitrogens is 2. The van der Waals surface area contributed by atoms with Crippen molar-refractivity contribution < 1.29 is 4.39 Å². The van der Waals surface area contributed by atoms with E-state index in [2.05, 4.69) is 12.0 Å². The van der Waals surface area contributed by atoms with Crippen LogP contribution in [0.5, 0.6) is 0 Å². The van der Waals surface area contributed by atoms with Crippen LogP contribution >= 0.6 is 11.6 Å². The van der Waals surface area contributed by atoms with E-state index < -0.39 is 0 Å². The summed E-state index contributed by atoms with van der Waals surface area (Å²) in [5.41, 5.74) is 1.27. The smallest absolute Gasteiger partial charge is 0.148 e. The molecule has 1 heterocycles. The van der Waals surface area contributed by atoms with Crippen molar-refractivity contribution in [1.82, 2.24) is 9.78 Å². The third-order valence-corrected chi connectivity index (χ3v) is 2.57. The normalized spacial score (nSPS) is 10.7. The van der Waals surface area contributed by atoms with Crippen LogP contribution in [0.3, 0.4) is 0 Å². The summed E-state index contributed by atoms with van der Waals surface area (Å²) in [6, 6.07) is 8.23. The molecule has 0 saturated carbocycles. The Balaban J connectivity index is 2.44. The first-order valence-electron chi connectivity index (χ1n) is 5.21. The monoisotopic (exact) mass is 238 g/mol. The van der Waals surface area contributed by atoms with Crippen molar-refractivity contribution >= 4 is 11.6 Å². The Morgan fingerprint density at radius 1 is 1.38 bits per heavy atom. The summed E-state index contributed by atoms with van der Waals surface area (Å²) >= 11 is 6.02. The Kier molecular flexibility index (Phi) is 3.25. The van der Waals surface area contributed by atoms with E-state index in [9.17, 15) is 4.39 Å². The highest BCUT2D eigenvalue weighted by molar-refractivity contribution is 6.29. The number of para-hydroxylation sites is 1. The maximum atomic E-state index is 13.5. The van der Waals surface area contributed by atoms with Crippen molar-refractivity contribution in [3.05, 3.63) is 47.0 Å². The Hall–Kier alpha value is -1.35. The molecule has 0 radical (unpaired) electrons. The summed E-state index contributed by atoms with van der Waals surface area (Å²) in [4.78, 5) is 0. The van der Waals surface area contributed by atoms with E-state index in [4.69, 9.17) is 11.6 Å². The van der Waals surface area contributed by atoms with Gasteiger partial charge in [0.15, 0.2) is 0 Å². The highest BCUT2D eigenvalue weighted by Crippen LogP contribution is 2.20. The topological polar surface area (TPSA) is 17.8 Å². The summed E-state index contributed by atoms with van der Waals surface area (Å²) in [5.74, 6) is -0.324. The van der Waals surface area contributed by atoms with Crippen molar-refractivity contribution in [2.45, 2.75) is 19.8 Å². The molecule has 2 aromatic rings. The van der Waals surface area contributed by atoms with Gasteiger partial charge in [0, 0.05) is 0 Å². The molecule has 2 rings (SSSR count). The molecule has 84 valence electrons. The zero-order valence-electron chi connectivity index (χ0n) is 8.95. The zero-order valence-corrected chi connectivity index (χ0v) is 9.71. The summed E-state index contributed by atoms with van der Waals surface area (Å²) in [6.45, 7) is 2.07. The molecule has 0 atom stereocenters. The number of halogens is 2. The van der Waals surface area contributed by atoms with Crippen LogP contribution < -0.4 is 0 Å². The molecule has 16 heavy (non-hydrogen) atoms. The second-order valence-electron chi connectivity index (χ2n) is 3.57. The van der Waals surface area contributed by atoms with Gasteiger partial charge in [0.05, 0.1) is 5.69 Å². The number of hydrogen-bond acceptors (Lipinski definition) is 1. The van der Waals surface area contributed by atoms with Gasteiger partial charge in [0.1, 0.15) is 16.7 Å². The fourth-order valence-corrected chi connectivity index (χ4v) is 1.83. The van der Waals surface area contributed by atoms with Gasteiger partial charge in [-0.1, -0.05) is 37.1 Å². The van der Waals surface area contributed by atoms with E-state index in [-0.39, 0.29) is 5.82 Å². The fraction of sp³-hybridized carbons (Fsp3) is 0.250. The second-order valence-corrected chi connectivity index (χ2v) is 3.96. The minimum atomic E-state index is -0.324. The fourth-order valence-electron chi connectivity index (χ4n) is 1.57. The molecule has 0 amide bonds. The molecule has 0 fully saturated rings. The number of aryl methyl sites for hydroxylation is 1. The van der Waals surface area contributed by atoms with Gasteiger partial charge in [-0.3, -0.25) is 0 Å². The van der Waals surface area contributed by atoms with Crippen LogP contribution in [0.15, 0.2) is 30.3 Å². The lowest BCUT2D eigenvalue weighted by atomic mass is 10.3. The lowest BCUT2D eigenvalue weighted by molar-refractivity contribution is 0.609. The van der Waals surface area contributed by atoms with Crippen molar-refractivity contribution in [1.29, 1.82) is 0 Å². The van der Waals surface area contributed by atoms with Crippen LogP contribution in [0.1, 0.15) is 19.0 Å². The molecular formula is C12H12ClFN2. The Bertz CT molecular complexity index is 494. The third-order valence-electron chi connectivity index (χ3n) is 2.30. The summed E-state index contributed by atoms with van der Waals surface area (Å²) in [6.07, 6.45) is 1.84. The number of nitrogens with zero attached hydrogens (tertiary/aromatic N) is 2. The molecule has 0 N–H and O–H groups in total. The maximum Gasteiger partial charge on any atom is 0.148 e. The van der Waals surface area contributed by atoms with Gasteiger partial charge < -0.3 is 0 Å². The number of benzene rings is 1. The van der Waals surface area contributed by atoms with E-state index in [0.29, 0.717) is 10.8 Å². The first kappa shape index (κ1) is 11.1. The van der Waals surface area contributed by atoms with Gasteiger partial charge in [-0.2, -0.15) is 5.10 Å². The molecule has 0 aliphatic rings. The van der Waals surface area contributed by atoms with E-state index >= 15 is 0 Å². The van der Waals surface area contributed by atoms with Crippen LogP contribution in [0.4, 0.5) is 4.39 Å². The highest BCUT2D eigenvalue weighted by atomic mass is 35.5. The largest absolute Gasteiger partial charge is 0.219 e. The molecule has 0 saturated heterocycles. The quantitative estimate of drug-likeness (QED) is 0.799. The predicted octanol–water partition coefficient (Wildman–Crippen LogP) is 3.62. The molecule has 0 aliphatic carbocycles. The SMILES string of the molecule is CCCc1cc(Cl)n(-c2ccccc2F)n1. The minimum absolute atomic E-state index is 0.324. The summed E-state index contributed by atoms with van der Waals surface area (Å²) < 4.78 is 15.0. The van der Waals surface area contributed by atoms with E-state index in [0.717, 1.165) is 18.5 Å². The molecular weight excluding hydrogens is 227 g/mol. The minimum Gasteiger partial charge on any atom is -0.219 e. The van der Waals surface area contributed by atoms with Gasteiger partial charge >= 0.3 is 0 Å². The molecule has 0 bridgehead atoms. The van der Waals surface area contributed by atoms with Crippen LogP contribution in [-0.4, -0.2) is 9.78 Å². The standard InChI is InChI=1S/C12H12ClFN2/c1-2-5-9-8-12(13)16(15-9)11-7-4-3-6-10(11)14/h3-4,6-8H,2,5H2,1H3. The van der Waals surface area contributed by atoms with Crippen LogP contribution in [0, 0.1) is 5.82 Å². The van der Waals surface area contributed by atoms with Gasteiger partial charge in [0.2, 0.25) is 0 Å². The summed E-state index contributed by atoms with van der Waals surface area (Å²) in [7, 11) is 0. The first-order chi connectivity index (χ1) is 7.72. The molecule has 1 aromatic heterocycles. The average Bonchev–Trinajstić information content (AvgIpc) is 2.61. The molecule has 0 spiro atoms. The molecule has 4 heteroatoms. The van der Waals surface area contributed by atoms with Crippen LogP contribution in [0.25, 0.3) is 5.69 Å². The Morgan fingerprint density at radius 3 is 2.81 bits per heavy atom. The van der Waals surface area contributed by atoms with Crippen molar-refractivity contribution in [3.63, 3.8) is 0 Å². The van der Waals surface area contributed by atoms with Gasteiger partial charge in [-0.15, -0.1) is 0 Å².